The molecule has 7 heteroatoms. The first kappa shape index (κ1) is 16.5. The Balaban J connectivity index is 2.21. The van der Waals surface area contributed by atoms with Gasteiger partial charge in [0.1, 0.15) is 16.0 Å². The molecule has 0 radical (unpaired) electrons. The van der Waals surface area contributed by atoms with Crippen molar-refractivity contribution in [3.05, 3.63) is 34.1 Å². The van der Waals surface area contributed by atoms with Crippen LogP contribution in [0.5, 0.6) is 0 Å². The van der Waals surface area contributed by atoms with E-state index in [9.17, 15) is 4.79 Å². The van der Waals surface area contributed by atoms with Crippen molar-refractivity contribution in [2.24, 2.45) is 0 Å². The Morgan fingerprint density at radius 3 is 2.50 bits per heavy atom. The van der Waals surface area contributed by atoms with Crippen LogP contribution in [0.3, 0.4) is 0 Å². The molecule has 118 valence electrons. The van der Waals surface area contributed by atoms with Crippen molar-refractivity contribution in [3.63, 3.8) is 0 Å². The van der Waals surface area contributed by atoms with Crippen LogP contribution in [0, 0.1) is 13.8 Å². The van der Waals surface area contributed by atoms with E-state index in [1.165, 1.54) is 4.68 Å². The molecular formula is C15H19BrN4O2. The van der Waals surface area contributed by atoms with Crippen LogP contribution in [0.25, 0.3) is 0 Å². The van der Waals surface area contributed by atoms with E-state index in [1.807, 2.05) is 39.8 Å². The summed E-state index contributed by atoms with van der Waals surface area (Å²) in [5, 5.41) is 7.31. The Hall–Kier alpha value is -1.89. The second-order valence-corrected chi connectivity index (χ2v) is 6.85. The topological polar surface area (TPSA) is 69.0 Å². The molecule has 2 rings (SSSR count). The van der Waals surface area contributed by atoms with Crippen molar-refractivity contribution < 1.29 is 9.53 Å². The summed E-state index contributed by atoms with van der Waals surface area (Å²) in [5.41, 5.74) is 1.18. The molecule has 0 atom stereocenters. The molecule has 0 amide bonds. The molecule has 6 nitrogen and oxygen atoms in total. The number of nitrogens with one attached hydrogen (secondary N) is 1. The lowest BCUT2D eigenvalue weighted by Gasteiger charge is -2.19. The highest BCUT2D eigenvalue weighted by atomic mass is 79.9. The van der Waals surface area contributed by atoms with Crippen LogP contribution in [0.2, 0.25) is 0 Å². The summed E-state index contributed by atoms with van der Waals surface area (Å²) in [6.07, 6.45) is -0.503. The summed E-state index contributed by atoms with van der Waals surface area (Å²) in [6.45, 7) is 9.22. The van der Waals surface area contributed by atoms with E-state index in [-0.39, 0.29) is 0 Å². The maximum absolute atomic E-state index is 12.1. The average molecular weight is 367 g/mol. The van der Waals surface area contributed by atoms with Crippen LogP contribution in [0.4, 0.5) is 16.4 Å². The van der Waals surface area contributed by atoms with Gasteiger partial charge in [-0.05, 0) is 68.2 Å². The molecule has 0 saturated carbocycles. The highest BCUT2D eigenvalue weighted by Gasteiger charge is 2.20. The normalized spacial score (nSPS) is 11.4. The van der Waals surface area contributed by atoms with Crippen LogP contribution >= 0.6 is 15.9 Å². The Labute approximate surface area is 138 Å². The number of aromatic nitrogens is 3. The van der Waals surface area contributed by atoms with Crippen LogP contribution in [0.15, 0.2) is 22.8 Å². The fourth-order valence-corrected chi connectivity index (χ4v) is 2.40. The van der Waals surface area contributed by atoms with E-state index in [2.05, 4.69) is 31.3 Å². The van der Waals surface area contributed by atoms with E-state index < -0.39 is 11.7 Å². The number of rotatable bonds is 2. The first-order valence-corrected chi connectivity index (χ1v) is 7.64. The first-order chi connectivity index (χ1) is 10.1. The van der Waals surface area contributed by atoms with E-state index in [0.29, 0.717) is 17.3 Å². The molecule has 1 N–H and O–H groups in total. The number of hydrogen-bond donors (Lipinski definition) is 1. The van der Waals surface area contributed by atoms with Gasteiger partial charge in [0, 0.05) is 11.8 Å². The Morgan fingerprint density at radius 2 is 1.91 bits per heavy atom. The Bertz CT molecular complexity index is 684. The van der Waals surface area contributed by atoms with Gasteiger partial charge in [0.05, 0.1) is 0 Å². The third kappa shape index (κ3) is 4.30. The molecule has 2 aromatic rings. The predicted octanol–water partition coefficient (Wildman–Crippen LogP) is 4.18. The molecule has 22 heavy (non-hydrogen) atoms. The summed E-state index contributed by atoms with van der Waals surface area (Å²) in [4.78, 5) is 16.4. The van der Waals surface area contributed by atoms with Gasteiger partial charge < -0.3 is 10.1 Å². The highest BCUT2D eigenvalue weighted by Crippen LogP contribution is 2.19. The van der Waals surface area contributed by atoms with Crippen LogP contribution in [0.1, 0.15) is 32.0 Å². The predicted molar refractivity (Wildman–Crippen MR) is 88.6 cm³/mol. The average Bonchev–Trinajstić information content (AvgIpc) is 2.66. The number of pyridine rings is 1. The molecule has 0 aliphatic rings. The zero-order valence-electron chi connectivity index (χ0n) is 13.3. The van der Waals surface area contributed by atoms with Gasteiger partial charge >= 0.3 is 6.09 Å². The number of hydrogen-bond acceptors (Lipinski definition) is 5. The molecule has 0 fully saturated rings. The van der Waals surface area contributed by atoms with Gasteiger partial charge in [-0.1, -0.05) is 0 Å². The zero-order valence-corrected chi connectivity index (χ0v) is 14.9. The minimum atomic E-state index is -0.563. The maximum atomic E-state index is 12.1. The second-order valence-electron chi connectivity index (χ2n) is 6.04. The van der Waals surface area contributed by atoms with Gasteiger partial charge in [-0.2, -0.15) is 4.68 Å². The smallest absolute Gasteiger partial charge is 0.435 e. The molecule has 0 saturated heterocycles. The van der Waals surface area contributed by atoms with Crippen molar-refractivity contribution >= 4 is 33.7 Å². The monoisotopic (exact) mass is 366 g/mol. The molecule has 0 spiro atoms. The number of anilines is 2. The summed E-state index contributed by atoms with van der Waals surface area (Å²) in [6, 6.07) is 5.57. The molecule has 2 heterocycles. The number of carbonyl (C=O) groups excluding carboxylic acids is 1. The van der Waals surface area contributed by atoms with Crippen LogP contribution in [-0.2, 0) is 4.74 Å². The van der Waals surface area contributed by atoms with Crippen molar-refractivity contribution in [1.29, 1.82) is 0 Å². The lowest BCUT2D eigenvalue weighted by Crippen LogP contribution is -2.28. The largest absolute Gasteiger partial charge is 0.442 e. The number of nitrogens with zero attached hydrogens (tertiary/aromatic N) is 3. The molecule has 0 aliphatic carbocycles. The quantitative estimate of drug-likeness (QED) is 0.807. The number of aryl methyl sites for hydroxylation is 2. The summed E-state index contributed by atoms with van der Waals surface area (Å²) in [7, 11) is 0. The van der Waals surface area contributed by atoms with Gasteiger partial charge in [0.2, 0.25) is 0 Å². The minimum Gasteiger partial charge on any atom is -0.442 e. The minimum absolute atomic E-state index is 0.503. The SMILES string of the molecule is Cc1cc(Br)nc(Nc2cc(C)n(C(=O)OC(C)(C)C)n2)c1. The van der Waals surface area contributed by atoms with E-state index in [0.717, 1.165) is 10.2 Å². The number of halogens is 1. The van der Waals surface area contributed by atoms with E-state index in [4.69, 9.17) is 4.74 Å². The van der Waals surface area contributed by atoms with Gasteiger partial charge in [-0.15, -0.1) is 5.10 Å². The number of carbonyl (C=O) groups is 1. The summed E-state index contributed by atoms with van der Waals surface area (Å²) < 4.78 is 7.29. The van der Waals surface area contributed by atoms with Crippen LogP contribution < -0.4 is 5.32 Å². The molecule has 0 aromatic carbocycles. The molecular weight excluding hydrogens is 348 g/mol. The Kier molecular flexibility index (Phi) is 4.55. The molecule has 0 aliphatic heterocycles. The van der Waals surface area contributed by atoms with Gasteiger partial charge in [0.25, 0.3) is 0 Å². The summed E-state index contributed by atoms with van der Waals surface area (Å²) >= 11 is 3.35. The van der Waals surface area contributed by atoms with E-state index in [1.54, 1.807) is 13.0 Å². The van der Waals surface area contributed by atoms with Gasteiger partial charge in [-0.3, -0.25) is 0 Å². The van der Waals surface area contributed by atoms with Crippen molar-refractivity contribution in [2.75, 3.05) is 5.32 Å². The van der Waals surface area contributed by atoms with Crippen molar-refractivity contribution in [3.8, 4) is 0 Å². The summed E-state index contributed by atoms with van der Waals surface area (Å²) in [5.74, 6) is 1.19. The number of ether oxygens (including phenoxy) is 1. The second kappa shape index (κ2) is 6.08. The molecule has 2 aromatic heterocycles. The lowest BCUT2D eigenvalue weighted by atomic mass is 10.2. The molecule has 0 unspecified atom stereocenters. The van der Waals surface area contributed by atoms with Crippen molar-refractivity contribution in [2.45, 2.75) is 40.2 Å². The fraction of sp³-hybridized carbons (Fsp3) is 0.400. The fourth-order valence-electron chi connectivity index (χ4n) is 1.85. The standard InChI is InChI=1S/C15H19BrN4O2/c1-9-6-11(16)17-12(7-9)18-13-8-10(2)20(19-13)14(21)22-15(3,4)5/h6-8H,1-5H3,(H,17,18,19). The molecule has 0 bridgehead atoms. The van der Waals surface area contributed by atoms with Gasteiger partial charge in [-0.25, -0.2) is 9.78 Å². The van der Waals surface area contributed by atoms with Crippen molar-refractivity contribution in [1.82, 2.24) is 14.8 Å². The zero-order chi connectivity index (χ0) is 16.5. The van der Waals surface area contributed by atoms with Gasteiger partial charge in [0.15, 0.2) is 5.82 Å². The maximum Gasteiger partial charge on any atom is 0.435 e. The van der Waals surface area contributed by atoms with E-state index >= 15 is 0 Å². The van der Waals surface area contributed by atoms with Crippen LogP contribution in [-0.4, -0.2) is 26.5 Å². The Morgan fingerprint density at radius 1 is 1.23 bits per heavy atom. The highest BCUT2D eigenvalue weighted by molar-refractivity contribution is 9.10. The third-order valence-electron chi connectivity index (χ3n) is 2.65. The third-order valence-corrected chi connectivity index (χ3v) is 3.05. The first-order valence-electron chi connectivity index (χ1n) is 6.85. The lowest BCUT2D eigenvalue weighted by molar-refractivity contribution is 0.0511.